The standard InChI is InChI=1S/C18H19Cl2NO/c19-16-2-1-3-17(20)15(16)9-6-13-4-7-14(8-5-13)18-12-21-10-11-22-18/h1-5,7-8,18,21H,6,9-12H2/t18-/m0/s1. The lowest BCUT2D eigenvalue weighted by Gasteiger charge is -2.24. The van der Waals surface area contributed by atoms with Gasteiger partial charge in [0.05, 0.1) is 12.7 Å². The highest BCUT2D eigenvalue weighted by molar-refractivity contribution is 6.35. The lowest BCUT2D eigenvalue weighted by atomic mass is 10.0. The fourth-order valence-electron chi connectivity index (χ4n) is 2.72. The van der Waals surface area contributed by atoms with Crippen molar-refractivity contribution in [3.63, 3.8) is 0 Å². The zero-order chi connectivity index (χ0) is 15.4. The van der Waals surface area contributed by atoms with E-state index < -0.39 is 0 Å². The lowest BCUT2D eigenvalue weighted by molar-refractivity contribution is 0.0277. The van der Waals surface area contributed by atoms with Gasteiger partial charge in [-0.15, -0.1) is 0 Å². The molecule has 0 saturated carbocycles. The molecule has 0 bridgehead atoms. The van der Waals surface area contributed by atoms with E-state index in [4.69, 9.17) is 27.9 Å². The molecule has 1 heterocycles. The van der Waals surface area contributed by atoms with E-state index in [1.54, 1.807) is 0 Å². The molecule has 2 aromatic carbocycles. The predicted molar refractivity (Wildman–Crippen MR) is 91.9 cm³/mol. The number of aryl methyl sites for hydroxylation is 1. The number of morpholine rings is 1. The van der Waals surface area contributed by atoms with Gasteiger partial charge in [-0.25, -0.2) is 0 Å². The van der Waals surface area contributed by atoms with E-state index in [-0.39, 0.29) is 6.10 Å². The van der Waals surface area contributed by atoms with Crippen LogP contribution in [0.2, 0.25) is 10.0 Å². The van der Waals surface area contributed by atoms with Crippen LogP contribution >= 0.6 is 23.2 Å². The van der Waals surface area contributed by atoms with Crippen molar-refractivity contribution in [1.29, 1.82) is 0 Å². The van der Waals surface area contributed by atoms with Crippen LogP contribution in [0.3, 0.4) is 0 Å². The maximum absolute atomic E-state index is 6.21. The van der Waals surface area contributed by atoms with Gasteiger partial charge in [0, 0.05) is 23.1 Å². The van der Waals surface area contributed by atoms with Gasteiger partial charge in [0.15, 0.2) is 0 Å². The summed E-state index contributed by atoms with van der Waals surface area (Å²) in [6.45, 7) is 2.60. The van der Waals surface area contributed by atoms with Crippen molar-refractivity contribution in [1.82, 2.24) is 5.32 Å². The Morgan fingerprint density at radius 1 is 1.00 bits per heavy atom. The monoisotopic (exact) mass is 335 g/mol. The minimum atomic E-state index is 0.167. The van der Waals surface area contributed by atoms with Crippen LogP contribution in [0, 0.1) is 0 Å². The highest BCUT2D eigenvalue weighted by Gasteiger charge is 2.15. The molecule has 116 valence electrons. The van der Waals surface area contributed by atoms with Crippen LogP contribution in [0.1, 0.15) is 22.8 Å². The molecular weight excluding hydrogens is 317 g/mol. The fourth-order valence-corrected chi connectivity index (χ4v) is 3.31. The second-order valence-electron chi connectivity index (χ2n) is 5.51. The third kappa shape index (κ3) is 3.82. The van der Waals surface area contributed by atoms with E-state index in [2.05, 4.69) is 29.6 Å². The normalized spacial score (nSPS) is 18.4. The van der Waals surface area contributed by atoms with E-state index in [1.165, 1.54) is 11.1 Å². The molecule has 1 N–H and O–H groups in total. The topological polar surface area (TPSA) is 21.3 Å². The molecule has 3 rings (SSSR count). The molecule has 0 spiro atoms. The summed E-state index contributed by atoms with van der Waals surface area (Å²) in [6, 6.07) is 14.3. The lowest BCUT2D eigenvalue weighted by Crippen LogP contribution is -2.33. The molecule has 2 nitrogen and oxygen atoms in total. The van der Waals surface area contributed by atoms with Gasteiger partial charge in [0.1, 0.15) is 0 Å². The maximum atomic E-state index is 6.21. The van der Waals surface area contributed by atoms with Crippen LogP contribution in [0.25, 0.3) is 0 Å². The van der Waals surface area contributed by atoms with Crippen LogP contribution in [0.5, 0.6) is 0 Å². The van der Waals surface area contributed by atoms with Crippen molar-refractivity contribution >= 4 is 23.2 Å². The molecular formula is C18H19Cl2NO. The Labute approximate surface area is 141 Å². The first-order valence-electron chi connectivity index (χ1n) is 7.58. The van der Waals surface area contributed by atoms with Crippen molar-refractivity contribution in [3.8, 4) is 0 Å². The summed E-state index contributed by atoms with van der Waals surface area (Å²) in [7, 11) is 0. The predicted octanol–water partition coefficient (Wildman–Crippen LogP) is 4.44. The number of ether oxygens (including phenoxy) is 1. The smallest absolute Gasteiger partial charge is 0.0949 e. The van der Waals surface area contributed by atoms with E-state index in [0.29, 0.717) is 0 Å². The fraction of sp³-hybridized carbons (Fsp3) is 0.333. The first-order valence-corrected chi connectivity index (χ1v) is 8.33. The second kappa shape index (κ2) is 7.47. The molecule has 0 amide bonds. The Balaban J connectivity index is 1.64. The molecule has 0 aliphatic carbocycles. The van der Waals surface area contributed by atoms with Crippen molar-refractivity contribution in [2.75, 3.05) is 19.7 Å². The quantitative estimate of drug-likeness (QED) is 0.891. The van der Waals surface area contributed by atoms with E-state index in [0.717, 1.165) is 48.1 Å². The van der Waals surface area contributed by atoms with Crippen molar-refractivity contribution in [2.45, 2.75) is 18.9 Å². The number of halogens is 2. The van der Waals surface area contributed by atoms with Gasteiger partial charge in [-0.1, -0.05) is 53.5 Å². The average molecular weight is 336 g/mol. The van der Waals surface area contributed by atoms with Crippen LogP contribution in [-0.4, -0.2) is 19.7 Å². The van der Waals surface area contributed by atoms with Gasteiger partial charge in [-0.05, 0) is 41.7 Å². The molecule has 2 aromatic rings. The van der Waals surface area contributed by atoms with Crippen LogP contribution in [-0.2, 0) is 17.6 Å². The van der Waals surface area contributed by atoms with Crippen molar-refractivity contribution in [3.05, 3.63) is 69.2 Å². The van der Waals surface area contributed by atoms with E-state index in [9.17, 15) is 0 Å². The molecule has 0 radical (unpaired) electrons. The van der Waals surface area contributed by atoms with Crippen molar-refractivity contribution in [2.24, 2.45) is 0 Å². The molecule has 1 atom stereocenters. The molecule has 22 heavy (non-hydrogen) atoms. The summed E-state index contributed by atoms with van der Waals surface area (Å²) in [5, 5.41) is 4.84. The Hall–Kier alpha value is -1.06. The summed E-state index contributed by atoms with van der Waals surface area (Å²) < 4.78 is 5.77. The molecule has 1 saturated heterocycles. The Kier molecular flexibility index (Phi) is 5.37. The second-order valence-corrected chi connectivity index (χ2v) is 6.32. The van der Waals surface area contributed by atoms with Gasteiger partial charge in [-0.3, -0.25) is 0 Å². The Morgan fingerprint density at radius 2 is 1.73 bits per heavy atom. The van der Waals surface area contributed by atoms with E-state index >= 15 is 0 Å². The van der Waals surface area contributed by atoms with Gasteiger partial charge in [0.2, 0.25) is 0 Å². The Bertz CT molecular complexity index is 601. The number of rotatable bonds is 4. The minimum absolute atomic E-state index is 0.167. The highest BCUT2D eigenvalue weighted by atomic mass is 35.5. The molecule has 1 fully saturated rings. The summed E-state index contributed by atoms with van der Waals surface area (Å²) in [6.07, 6.45) is 1.94. The Morgan fingerprint density at radius 3 is 2.36 bits per heavy atom. The number of benzene rings is 2. The van der Waals surface area contributed by atoms with Gasteiger partial charge < -0.3 is 10.1 Å². The van der Waals surface area contributed by atoms with Crippen molar-refractivity contribution < 1.29 is 4.74 Å². The number of hydrogen-bond donors (Lipinski definition) is 1. The minimum Gasteiger partial charge on any atom is -0.371 e. The SMILES string of the molecule is Clc1cccc(Cl)c1CCc1ccc([C@@H]2CNCCO2)cc1. The zero-order valence-corrected chi connectivity index (χ0v) is 13.8. The first-order chi connectivity index (χ1) is 10.7. The third-order valence-electron chi connectivity index (χ3n) is 4.00. The summed E-state index contributed by atoms with van der Waals surface area (Å²) in [5.41, 5.74) is 3.53. The molecule has 1 aliphatic heterocycles. The first kappa shape index (κ1) is 15.8. The van der Waals surface area contributed by atoms with E-state index in [1.807, 2.05) is 18.2 Å². The molecule has 0 unspecified atom stereocenters. The molecule has 4 heteroatoms. The van der Waals surface area contributed by atoms with Gasteiger partial charge >= 0.3 is 0 Å². The summed E-state index contributed by atoms with van der Waals surface area (Å²) in [5.74, 6) is 0. The highest BCUT2D eigenvalue weighted by Crippen LogP contribution is 2.26. The van der Waals surface area contributed by atoms with Gasteiger partial charge in [-0.2, -0.15) is 0 Å². The zero-order valence-electron chi connectivity index (χ0n) is 12.3. The van der Waals surface area contributed by atoms with Crippen LogP contribution < -0.4 is 5.32 Å². The van der Waals surface area contributed by atoms with Crippen LogP contribution in [0.4, 0.5) is 0 Å². The molecule has 1 aliphatic rings. The van der Waals surface area contributed by atoms with Crippen LogP contribution in [0.15, 0.2) is 42.5 Å². The maximum Gasteiger partial charge on any atom is 0.0949 e. The summed E-state index contributed by atoms with van der Waals surface area (Å²) in [4.78, 5) is 0. The summed E-state index contributed by atoms with van der Waals surface area (Å²) >= 11 is 12.4. The largest absolute Gasteiger partial charge is 0.371 e. The third-order valence-corrected chi connectivity index (χ3v) is 4.71. The molecule has 0 aromatic heterocycles. The average Bonchev–Trinajstić information content (AvgIpc) is 2.56. The number of hydrogen-bond acceptors (Lipinski definition) is 2. The number of nitrogens with one attached hydrogen (secondary N) is 1. The van der Waals surface area contributed by atoms with Gasteiger partial charge in [0.25, 0.3) is 0 Å².